The number of aliphatic hydroxyl groups excluding tert-OH is 1. The van der Waals surface area contributed by atoms with Crippen LogP contribution in [0.4, 0.5) is 0 Å². The van der Waals surface area contributed by atoms with Crippen LogP contribution in [0.1, 0.15) is 42.9 Å². The van der Waals surface area contributed by atoms with E-state index in [0.717, 1.165) is 43.5 Å². The molecular weight excluding hydrogens is 318 g/mol. The Balaban J connectivity index is 1.77. The van der Waals surface area contributed by atoms with Gasteiger partial charge in [-0.2, -0.15) is 0 Å². The number of piperidine rings is 1. The first-order valence-corrected chi connectivity index (χ1v) is 9.53. The van der Waals surface area contributed by atoms with Crippen LogP contribution in [0.2, 0.25) is 0 Å². The largest absolute Gasteiger partial charge is 0.486 e. The Labute approximate surface area is 148 Å². The zero-order valence-corrected chi connectivity index (χ0v) is 15.0. The fourth-order valence-electron chi connectivity index (χ4n) is 6.29. The average Bonchev–Trinajstić information content (AvgIpc) is 2.96. The van der Waals surface area contributed by atoms with Crippen LogP contribution >= 0.6 is 0 Å². The van der Waals surface area contributed by atoms with E-state index >= 15 is 0 Å². The summed E-state index contributed by atoms with van der Waals surface area (Å²) in [6, 6.07) is 4.24. The number of hydrogen-bond donors (Lipinski definition) is 2. The second-order valence-corrected chi connectivity index (χ2v) is 8.16. The third-order valence-electron chi connectivity index (χ3n) is 7.33. The van der Waals surface area contributed by atoms with Gasteiger partial charge in [0.25, 0.3) is 0 Å². The number of rotatable bonds is 3. The van der Waals surface area contributed by atoms with Gasteiger partial charge in [-0.15, -0.1) is 0 Å². The van der Waals surface area contributed by atoms with Crippen molar-refractivity contribution in [2.24, 2.45) is 0 Å². The van der Waals surface area contributed by atoms with Crippen molar-refractivity contribution in [1.29, 1.82) is 0 Å². The van der Waals surface area contributed by atoms with Gasteiger partial charge in [-0.1, -0.05) is 12.1 Å². The number of likely N-dealkylation sites (tertiary alicyclic amines) is 1. The average molecular weight is 345 g/mol. The quantitative estimate of drug-likeness (QED) is 0.866. The topological polar surface area (TPSA) is 62.2 Å². The number of ether oxygens (including phenoxy) is 2. The van der Waals surface area contributed by atoms with E-state index in [9.17, 15) is 10.2 Å². The first kappa shape index (κ1) is 16.1. The standard InChI is InChI=1S/C20H27NO4/c1-3-24-14-6-7-20(23)15-10-12-4-5-13(11-22)17-16(12)19(20,18(14)25-17)8-9-21(15)2/h4-5,14-15,18,22-23H,3,6-11H2,1-2H3/t14-,15+,18?,19-,20+/m0/s1. The summed E-state index contributed by atoms with van der Waals surface area (Å²) in [6.45, 7) is 3.59. The van der Waals surface area contributed by atoms with E-state index in [4.69, 9.17) is 9.47 Å². The Morgan fingerprint density at radius 1 is 1.36 bits per heavy atom. The minimum Gasteiger partial charge on any atom is -0.486 e. The van der Waals surface area contributed by atoms with Gasteiger partial charge in [0.1, 0.15) is 11.9 Å². The minimum atomic E-state index is -0.787. The number of aliphatic hydroxyl groups is 2. The van der Waals surface area contributed by atoms with Crippen molar-refractivity contribution in [2.45, 2.75) is 68.5 Å². The lowest BCUT2D eigenvalue weighted by molar-refractivity contribution is -0.211. The zero-order valence-electron chi connectivity index (χ0n) is 15.0. The molecule has 1 unspecified atom stereocenters. The second-order valence-electron chi connectivity index (χ2n) is 8.16. The molecule has 0 amide bonds. The molecule has 136 valence electrons. The molecule has 1 spiro atoms. The van der Waals surface area contributed by atoms with Crippen molar-refractivity contribution in [3.63, 3.8) is 0 Å². The highest BCUT2D eigenvalue weighted by Gasteiger charge is 2.72. The SMILES string of the molecule is CCO[C@H]1CC[C@@]2(O)[C@H]3Cc4ccc(CO)c5c4[C@@]2(CCN3C)C1O5. The summed E-state index contributed by atoms with van der Waals surface area (Å²) in [5, 5.41) is 21.8. The predicted molar refractivity (Wildman–Crippen MR) is 92.8 cm³/mol. The van der Waals surface area contributed by atoms with Crippen LogP contribution in [0.15, 0.2) is 12.1 Å². The molecule has 4 aliphatic rings. The molecule has 2 bridgehead atoms. The van der Waals surface area contributed by atoms with Gasteiger partial charge >= 0.3 is 0 Å². The van der Waals surface area contributed by atoms with E-state index in [1.54, 1.807) is 0 Å². The number of nitrogens with zero attached hydrogens (tertiary/aromatic N) is 1. The Morgan fingerprint density at radius 2 is 2.20 bits per heavy atom. The van der Waals surface area contributed by atoms with Crippen molar-refractivity contribution in [3.05, 3.63) is 28.8 Å². The number of benzene rings is 1. The highest BCUT2D eigenvalue weighted by molar-refractivity contribution is 5.60. The maximum absolute atomic E-state index is 12.0. The summed E-state index contributed by atoms with van der Waals surface area (Å²) in [7, 11) is 2.13. The Hall–Kier alpha value is -1.14. The molecule has 5 heteroatoms. The van der Waals surface area contributed by atoms with Crippen molar-refractivity contribution in [1.82, 2.24) is 4.90 Å². The lowest BCUT2D eigenvalue weighted by Crippen LogP contribution is -2.76. The van der Waals surface area contributed by atoms with Gasteiger partial charge in [0.05, 0.1) is 23.7 Å². The van der Waals surface area contributed by atoms with Crippen LogP contribution in [0, 0.1) is 0 Å². The third kappa shape index (κ3) is 1.73. The van der Waals surface area contributed by atoms with Crippen LogP contribution < -0.4 is 4.74 Å². The van der Waals surface area contributed by atoms with Crippen molar-refractivity contribution in [2.75, 3.05) is 20.2 Å². The summed E-state index contributed by atoms with van der Waals surface area (Å²) in [5.74, 6) is 0.818. The predicted octanol–water partition coefficient (Wildman–Crippen LogP) is 1.37. The van der Waals surface area contributed by atoms with E-state index < -0.39 is 11.0 Å². The molecule has 5 rings (SSSR count). The monoisotopic (exact) mass is 345 g/mol. The molecule has 2 heterocycles. The maximum Gasteiger partial charge on any atom is 0.137 e. The minimum absolute atomic E-state index is 0.000719. The summed E-state index contributed by atoms with van der Waals surface area (Å²) in [4.78, 5) is 2.32. The van der Waals surface area contributed by atoms with E-state index in [1.165, 1.54) is 11.1 Å². The van der Waals surface area contributed by atoms with Gasteiger partial charge in [-0.25, -0.2) is 0 Å². The Morgan fingerprint density at radius 3 is 2.96 bits per heavy atom. The highest BCUT2D eigenvalue weighted by Crippen LogP contribution is 2.64. The summed E-state index contributed by atoms with van der Waals surface area (Å²) in [5.41, 5.74) is 2.08. The van der Waals surface area contributed by atoms with Gasteiger partial charge in [-0.3, -0.25) is 0 Å². The van der Waals surface area contributed by atoms with E-state index in [-0.39, 0.29) is 24.9 Å². The molecule has 25 heavy (non-hydrogen) atoms. The van der Waals surface area contributed by atoms with Crippen LogP contribution in [0.25, 0.3) is 0 Å². The van der Waals surface area contributed by atoms with Gasteiger partial charge in [0.2, 0.25) is 0 Å². The number of hydrogen-bond acceptors (Lipinski definition) is 5. The molecule has 5 nitrogen and oxygen atoms in total. The van der Waals surface area contributed by atoms with Crippen LogP contribution in [0.5, 0.6) is 5.75 Å². The van der Waals surface area contributed by atoms with Crippen LogP contribution in [0.3, 0.4) is 0 Å². The molecule has 2 aliphatic heterocycles. The fourth-order valence-corrected chi connectivity index (χ4v) is 6.29. The lowest BCUT2D eigenvalue weighted by atomic mass is 9.48. The zero-order chi connectivity index (χ0) is 17.4. The molecule has 2 fully saturated rings. The van der Waals surface area contributed by atoms with Gasteiger partial charge < -0.3 is 24.6 Å². The summed E-state index contributed by atoms with van der Waals surface area (Å²) >= 11 is 0. The molecule has 2 N–H and O–H groups in total. The van der Waals surface area contributed by atoms with Crippen molar-refractivity contribution in [3.8, 4) is 5.75 Å². The van der Waals surface area contributed by atoms with Gasteiger partial charge in [0.15, 0.2) is 0 Å². The van der Waals surface area contributed by atoms with Crippen LogP contribution in [-0.4, -0.2) is 59.2 Å². The maximum atomic E-state index is 12.0. The highest BCUT2D eigenvalue weighted by atomic mass is 16.5. The Kier molecular flexibility index (Phi) is 3.34. The van der Waals surface area contributed by atoms with E-state index in [1.807, 2.05) is 13.0 Å². The summed E-state index contributed by atoms with van der Waals surface area (Å²) in [6.07, 6.45) is 3.12. The van der Waals surface area contributed by atoms with Crippen LogP contribution in [-0.2, 0) is 23.2 Å². The van der Waals surface area contributed by atoms with Crippen molar-refractivity contribution >= 4 is 0 Å². The van der Waals surface area contributed by atoms with E-state index in [0.29, 0.717) is 6.61 Å². The van der Waals surface area contributed by atoms with Gasteiger partial charge in [-0.05, 0) is 51.8 Å². The normalized spacial score (nSPS) is 41.4. The smallest absolute Gasteiger partial charge is 0.137 e. The molecule has 5 atom stereocenters. The molecule has 1 aromatic rings. The fraction of sp³-hybridized carbons (Fsp3) is 0.700. The number of likely N-dealkylation sites (N-methyl/N-ethyl adjacent to an activating group) is 1. The molecule has 1 saturated carbocycles. The second kappa shape index (κ2) is 5.19. The molecule has 2 aliphatic carbocycles. The molecule has 0 radical (unpaired) electrons. The lowest BCUT2D eigenvalue weighted by Gasteiger charge is -2.63. The molecular formula is C20H27NO4. The van der Waals surface area contributed by atoms with E-state index in [2.05, 4.69) is 18.0 Å². The summed E-state index contributed by atoms with van der Waals surface area (Å²) < 4.78 is 12.6. The third-order valence-corrected chi connectivity index (χ3v) is 7.33. The molecule has 1 aromatic carbocycles. The Bertz CT molecular complexity index is 722. The molecule has 0 aromatic heterocycles. The first-order valence-electron chi connectivity index (χ1n) is 9.53. The van der Waals surface area contributed by atoms with Gasteiger partial charge in [0, 0.05) is 23.8 Å². The van der Waals surface area contributed by atoms with Crippen molar-refractivity contribution < 1.29 is 19.7 Å². The first-order chi connectivity index (χ1) is 12.1. The molecule has 1 saturated heterocycles.